The highest BCUT2D eigenvalue weighted by Gasteiger charge is 2.22. The number of benzene rings is 1. The second kappa shape index (κ2) is 6.04. The summed E-state index contributed by atoms with van der Waals surface area (Å²) in [7, 11) is -3.72. The van der Waals surface area contributed by atoms with E-state index in [1.165, 1.54) is 12.4 Å². The third kappa shape index (κ3) is 4.10. The number of rotatable bonds is 4. The largest absolute Gasteiger partial charge is 0.326 e. The lowest BCUT2D eigenvalue weighted by Crippen LogP contribution is -2.27. The molecule has 1 heterocycles. The van der Waals surface area contributed by atoms with Crippen LogP contribution in [-0.2, 0) is 14.8 Å². The van der Waals surface area contributed by atoms with Crippen LogP contribution < -0.4 is 10.0 Å². The van der Waals surface area contributed by atoms with Gasteiger partial charge in [-0.25, -0.2) is 8.42 Å². The van der Waals surface area contributed by atoms with Crippen LogP contribution in [0.15, 0.2) is 35.5 Å². The van der Waals surface area contributed by atoms with Gasteiger partial charge in [0.15, 0.2) is 0 Å². The molecule has 0 saturated carbocycles. The summed E-state index contributed by atoms with van der Waals surface area (Å²) >= 11 is 0. The van der Waals surface area contributed by atoms with Crippen LogP contribution in [0.4, 0.5) is 11.4 Å². The van der Waals surface area contributed by atoms with E-state index in [2.05, 4.69) is 20.2 Å². The highest BCUT2D eigenvalue weighted by Crippen LogP contribution is 2.25. The molecule has 1 amide bonds. The normalized spacial score (nSPS) is 12.0. The summed E-state index contributed by atoms with van der Waals surface area (Å²) in [6, 6.07) is 5.07. The number of H-pyrrole nitrogens is 1. The smallest absolute Gasteiger partial charge is 0.265 e. The minimum absolute atomic E-state index is 0.0426. The lowest BCUT2D eigenvalue weighted by atomic mass is 9.95. The molecule has 2 aromatic rings. The zero-order chi connectivity index (χ0) is 17.3. The second-order valence-electron chi connectivity index (χ2n) is 6.27. The van der Waals surface area contributed by atoms with Crippen molar-refractivity contribution in [3.63, 3.8) is 0 Å². The average Bonchev–Trinajstić information content (AvgIpc) is 2.96. The summed E-state index contributed by atoms with van der Waals surface area (Å²) in [6.45, 7) is 7.19. The fourth-order valence-corrected chi connectivity index (χ4v) is 2.74. The fourth-order valence-electron chi connectivity index (χ4n) is 1.72. The topological polar surface area (TPSA) is 104 Å². The van der Waals surface area contributed by atoms with E-state index in [0.29, 0.717) is 11.4 Å². The Morgan fingerprint density at radius 1 is 1.26 bits per heavy atom. The molecule has 1 aromatic heterocycles. The van der Waals surface area contributed by atoms with Gasteiger partial charge in [-0.05, 0) is 24.6 Å². The van der Waals surface area contributed by atoms with Crippen molar-refractivity contribution in [1.82, 2.24) is 10.2 Å². The monoisotopic (exact) mass is 336 g/mol. The number of carbonyl (C=O) groups excluding carboxylic acids is 1. The highest BCUT2D eigenvalue weighted by atomic mass is 32.2. The number of aromatic amines is 1. The van der Waals surface area contributed by atoms with Crippen molar-refractivity contribution in [2.45, 2.75) is 32.6 Å². The first-order valence-corrected chi connectivity index (χ1v) is 8.51. The number of carbonyl (C=O) groups is 1. The van der Waals surface area contributed by atoms with Gasteiger partial charge < -0.3 is 5.32 Å². The van der Waals surface area contributed by atoms with E-state index >= 15 is 0 Å². The van der Waals surface area contributed by atoms with Gasteiger partial charge in [0.25, 0.3) is 10.0 Å². The molecule has 0 bridgehead atoms. The Morgan fingerprint density at radius 3 is 2.52 bits per heavy atom. The average molecular weight is 336 g/mol. The highest BCUT2D eigenvalue weighted by molar-refractivity contribution is 7.92. The minimum Gasteiger partial charge on any atom is -0.326 e. The van der Waals surface area contributed by atoms with Crippen molar-refractivity contribution in [1.29, 1.82) is 0 Å². The van der Waals surface area contributed by atoms with Crippen LogP contribution in [0.25, 0.3) is 0 Å². The second-order valence-corrected chi connectivity index (χ2v) is 7.96. The van der Waals surface area contributed by atoms with Gasteiger partial charge in [-0.15, -0.1) is 0 Å². The number of aromatic nitrogens is 2. The molecule has 0 aliphatic heterocycles. The van der Waals surface area contributed by atoms with Crippen molar-refractivity contribution in [3.8, 4) is 0 Å². The molecule has 0 atom stereocenters. The third-order valence-corrected chi connectivity index (χ3v) is 4.54. The van der Waals surface area contributed by atoms with E-state index in [4.69, 9.17) is 0 Å². The van der Waals surface area contributed by atoms with Crippen molar-refractivity contribution in [3.05, 3.63) is 36.2 Å². The summed E-state index contributed by atoms with van der Waals surface area (Å²) in [4.78, 5) is 12.1. The standard InChI is InChI=1S/C15H20N4O3S/c1-10-5-6-11(18-14(20)15(2,3)4)7-13(10)19-23(21,22)12-8-16-17-9-12/h5-9,19H,1-4H3,(H,16,17)(H,18,20). The van der Waals surface area contributed by atoms with Crippen molar-refractivity contribution in [2.24, 2.45) is 5.41 Å². The molecular weight excluding hydrogens is 316 g/mol. The van der Waals surface area contributed by atoms with Gasteiger partial charge in [-0.1, -0.05) is 26.8 Å². The van der Waals surface area contributed by atoms with E-state index < -0.39 is 15.4 Å². The van der Waals surface area contributed by atoms with Crippen molar-refractivity contribution in [2.75, 3.05) is 10.0 Å². The zero-order valence-electron chi connectivity index (χ0n) is 13.5. The number of amides is 1. The van der Waals surface area contributed by atoms with Crippen LogP contribution in [0.5, 0.6) is 0 Å². The van der Waals surface area contributed by atoms with E-state index in [9.17, 15) is 13.2 Å². The molecule has 0 aliphatic carbocycles. The van der Waals surface area contributed by atoms with Gasteiger partial charge in [-0.3, -0.25) is 14.6 Å². The predicted molar refractivity (Wildman–Crippen MR) is 88.7 cm³/mol. The van der Waals surface area contributed by atoms with Gasteiger partial charge in [-0.2, -0.15) is 5.10 Å². The zero-order valence-corrected chi connectivity index (χ0v) is 14.3. The van der Waals surface area contributed by atoms with Crippen LogP contribution in [0.1, 0.15) is 26.3 Å². The minimum atomic E-state index is -3.72. The molecule has 1 aromatic carbocycles. The quantitative estimate of drug-likeness (QED) is 0.798. The third-order valence-electron chi connectivity index (χ3n) is 3.20. The maximum absolute atomic E-state index is 12.2. The molecule has 0 saturated heterocycles. The number of nitrogens with zero attached hydrogens (tertiary/aromatic N) is 1. The molecule has 2 rings (SSSR count). The van der Waals surface area contributed by atoms with Crippen LogP contribution in [-0.4, -0.2) is 24.5 Å². The Balaban J connectivity index is 2.27. The van der Waals surface area contributed by atoms with Crippen LogP contribution in [0.3, 0.4) is 0 Å². The van der Waals surface area contributed by atoms with Crippen LogP contribution in [0.2, 0.25) is 0 Å². The Kier molecular flexibility index (Phi) is 4.46. The first-order chi connectivity index (χ1) is 10.6. The first-order valence-electron chi connectivity index (χ1n) is 7.03. The molecule has 8 heteroatoms. The Labute approximate surface area is 135 Å². The van der Waals surface area contributed by atoms with Gasteiger partial charge in [0.2, 0.25) is 5.91 Å². The molecule has 0 spiro atoms. The van der Waals surface area contributed by atoms with Crippen molar-refractivity contribution < 1.29 is 13.2 Å². The Hall–Kier alpha value is -2.35. The van der Waals surface area contributed by atoms with Gasteiger partial charge in [0.05, 0.1) is 11.9 Å². The van der Waals surface area contributed by atoms with Gasteiger partial charge >= 0.3 is 0 Å². The molecule has 124 valence electrons. The number of anilines is 2. The number of aryl methyl sites for hydroxylation is 1. The van der Waals surface area contributed by atoms with E-state index in [1.54, 1.807) is 45.9 Å². The fraction of sp³-hybridized carbons (Fsp3) is 0.333. The number of nitrogens with one attached hydrogen (secondary N) is 3. The van der Waals surface area contributed by atoms with Gasteiger partial charge in [0, 0.05) is 17.3 Å². The number of hydrogen-bond donors (Lipinski definition) is 3. The predicted octanol–water partition coefficient (Wildman–Crippen LogP) is 2.50. The molecule has 7 nitrogen and oxygen atoms in total. The molecule has 0 fully saturated rings. The summed E-state index contributed by atoms with van der Waals surface area (Å²) in [5, 5.41) is 8.88. The summed E-state index contributed by atoms with van der Waals surface area (Å²) in [6.07, 6.45) is 2.52. The molecule has 3 N–H and O–H groups in total. The Morgan fingerprint density at radius 2 is 1.96 bits per heavy atom. The lowest BCUT2D eigenvalue weighted by Gasteiger charge is -2.18. The summed E-state index contributed by atoms with van der Waals surface area (Å²) < 4.78 is 27.0. The van der Waals surface area contributed by atoms with Crippen molar-refractivity contribution >= 4 is 27.3 Å². The summed E-state index contributed by atoms with van der Waals surface area (Å²) in [5.74, 6) is -0.148. The molecule has 0 unspecified atom stereocenters. The molecule has 23 heavy (non-hydrogen) atoms. The van der Waals surface area contributed by atoms with Gasteiger partial charge in [0.1, 0.15) is 4.90 Å². The maximum Gasteiger partial charge on any atom is 0.265 e. The summed E-state index contributed by atoms with van der Waals surface area (Å²) in [5.41, 5.74) is 1.13. The molecular formula is C15H20N4O3S. The molecule has 0 aliphatic rings. The van der Waals surface area contributed by atoms with Crippen LogP contribution in [0, 0.1) is 12.3 Å². The maximum atomic E-state index is 12.2. The van der Waals surface area contributed by atoms with E-state index in [1.807, 2.05) is 0 Å². The number of hydrogen-bond acceptors (Lipinski definition) is 4. The SMILES string of the molecule is Cc1ccc(NC(=O)C(C)(C)C)cc1NS(=O)(=O)c1cn[nH]c1. The first kappa shape index (κ1) is 17.0. The lowest BCUT2D eigenvalue weighted by molar-refractivity contribution is -0.123. The van der Waals surface area contributed by atoms with E-state index in [-0.39, 0.29) is 10.8 Å². The molecule has 0 radical (unpaired) electrons. The Bertz CT molecular complexity index is 806. The number of sulfonamides is 1. The van der Waals surface area contributed by atoms with E-state index in [0.717, 1.165) is 5.56 Å². The van der Waals surface area contributed by atoms with Crippen LogP contribution >= 0.6 is 0 Å².